The summed E-state index contributed by atoms with van der Waals surface area (Å²) < 4.78 is 10.8. The molecule has 1 unspecified atom stereocenters. The van der Waals surface area contributed by atoms with Crippen molar-refractivity contribution >= 4 is 12.4 Å². The Morgan fingerprint density at radius 3 is 3.05 bits per heavy atom. The summed E-state index contributed by atoms with van der Waals surface area (Å²) in [6.07, 6.45) is 3.65. The number of hydrogen-bond acceptors (Lipinski definition) is 6. The lowest BCUT2D eigenvalue weighted by Gasteiger charge is -2.01. The second-order valence-electron chi connectivity index (χ2n) is 4.20. The van der Waals surface area contributed by atoms with Gasteiger partial charge in [-0.15, -0.1) is 12.4 Å². The van der Waals surface area contributed by atoms with Crippen molar-refractivity contribution in [2.24, 2.45) is 5.73 Å². The Morgan fingerprint density at radius 1 is 1.42 bits per heavy atom. The third kappa shape index (κ3) is 2.91. The van der Waals surface area contributed by atoms with Gasteiger partial charge in [0.05, 0.1) is 5.69 Å². The number of pyridine rings is 1. The fourth-order valence-corrected chi connectivity index (χ4v) is 1.99. The molecule has 102 valence electrons. The Morgan fingerprint density at radius 2 is 2.32 bits per heavy atom. The van der Waals surface area contributed by atoms with Gasteiger partial charge >= 0.3 is 0 Å². The van der Waals surface area contributed by atoms with E-state index < -0.39 is 0 Å². The Bertz CT molecular complexity index is 540. The van der Waals surface area contributed by atoms with Crippen molar-refractivity contribution in [2.75, 3.05) is 6.61 Å². The van der Waals surface area contributed by atoms with Crippen LogP contribution in [-0.2, 0) is 11.3 Å². The SMILES string of the molecule is Cl.NCc1cc(-c2nc(C3CCCO3)no2)ccn1. The van der Waals surface area contributed by atoms with Gasteiger partial charge < -0.3 is 15.0 Å². The maximum absolute atomic E-state index is 5.55. The summed E-state index contributed by atoms with van der Waals surface area (Å²) in [4.78, 5) is 8.49. The standard InChI is InChI=1S/C12H14N4O2.ClH/c13-7-9-6-8(3-4-14-9)12-15-11(16-18-12)10-2-1-5-17-10;/h3-4,6,10H,1-2,5,7,13H2;1H. The normalized spacial score (nSPS) is 18.3. The van der Waals surface area contributed by atoms with Gasteiger partial charge in [0.25, 0.3) is 5.89 Å². The molecule has 1 aliphatic rings. The van der Waals surface area contributed by atoms with Gasteiger partial charge in [0.15, 0.2) is 0 Å². The van der Waals surface area contributed by atoms with Crippen LogP contribution in [0.2, 0.25) is 0 Å². The molecule has 0 spiro atoms. The molecule has 7 heteroatoms. The topological polar surface area (TPSA) is 87.1 Å². The number of nitrogens with zero attached hydrogens (tertiary/aromatic N) is 3. The maximum atomic E-state index is 5.55. The zero-order valence-electron chi connectivity index (χ0n) is 10.3. The Kier molecular flexibility index (Phi) is 4.47. The molecule has 3 heterocycles. The first-order chi connectivity index (χ1) is 8.86. The van der Waals surface area contributed by atoms with E-state index in [0.717, 1.165) is 30.7 Å². The molecule has 0 saturated carbocycles. The summed E-state index contributed by atoms with van der Waals surface area (Å²) in [7, 11) is 0. The van der Waals surface area contributed by atoms with E-state index in [0.29, 0.717) is 18.3 Å². The first-order valence-electron chi connectivity index (χ1n) is 5.97. The van der Waals surface area contributed by atoms with Gasteiger partial charge in [0.2, 0.25) is 5.82 Å². The predicted molar refractivity (Wildman–Crippen MR) is 70.6 cm³/mol. The maximum Gasteiger partial charge on any atom is 0.258 e. The Hall–Kier alpha value is -1.50. The second-order valence-corrected chi connectivity index (χ2v) is 4.20. The van der Waals surface area contributed by atoms with Gasteiger partial charge in [-0.2, -0.15) is 4.98 Å². The monoisotopic (exact) mass is 282 g/mol. The zero-order valence-corrected chi connectivity index (χ0v) is 11.1. The molecule has 1 atom stereocenters. The van der Waals surface area contributed by atoms with Crippen molar-refractivity contribution in [3.63, 3.8) is 0 Å². The van der Waals surface area contributed by atoms with Crippen molar-refractivity contribution in [1.82, 2.24) is 15.1 Å². The van der Waals surface area contributed by atoms with Crippen LogP contribution in [0.1, 0.15) is 30.5 Å². The van der Waals surface area contributed by atoms with E-state index in [9.17, 15) is 0 Å². The lowest BCUT2D eigenvalue weighted by atomic mass is 10.2. The summed E-state index contributed by atoms with van der Waals surface area (Å²) >= 11 is 0. The minimum absolute atomic E-state index is 0. The Labute approximate surface area is 116 Å². The molecule has 0 bridgehead atoms. The van der Waals surface area contributed by atoms with Gasteiger partial charge in [-0.1, -0.05) is 5.16 Å². The van der Waals surface area contributed by atoms with Crippen LogP contribution < -0.4 is 5.73 Å². The van der Waals surface area contributed by atoms with Crippen LogP contribution in [0.25, 0.3) is 11.5 Å². The third-order valence-corrected chi connectivity index (χ3v) is 2.93. The first-order valence-corrected chi connectivity index (χ1v) is 5.97. The average molecular weight is 283 g/mol. The zero-order chi connectivity index (χ0) is 12.4. The van der Waals surface area contributed by atoms with Crippen LogP contribution in [0, 0.1) is 0 Å². The molecule has 0 radical (unpaired) electrons. The highest BCUT2D eigenvalue weighted by molar-refractivity contribution is 5.85. The molecular weight excluding hydrogens is 268 g/mol. The summed E-state index contributed by atoms with van der Waals surface area (Å²) in [6.45, 7) is 1.15. The fourth-order valence-electron chi connectivity index (χ4n) is 1.99. The lowest BCUT2D eigenvalue weighted by Crippen LogP contribution is -1.99. The largest absolute Gasteiger partial charge is 0.370 e. The fraction of sp³-hybridized carbons (Fsp3) is 0.417. The second kappa shape index (κ2) is 6.10. The quantitative estimate of drug-likeness (QED) is 0.924. The molecule has 3 rings (SSSR count). The van der Waals surface area contributed by atoms with E-state index in [1.165, 1.54) is 0 Å². The van der Waals surface area contributed by atoms with Crippen LogP contribution in [-0.4, -0.2) is 21.7 Å². The summed E-state index contributed by atoms with van der Waals surface area (Å²) in [6, 6.07) is 3.68. The molecule has 2 aromatic rings. The number of halogens is 1. The molecule has 6 nitrogen and oxygen atoms in total. The lowest BCUT2D eigenvalue weighted by molar-refractivity contribution is 0.103. The van der Waals surface area contributed by atoms with Crippen LogP contribution >= 0.6 is 12.4 Å². The van der Waals surface area contributed by atoms with Crippen LogP contribution in [0.3, 0.4) is 0 Å². The van der Waals surface area contributed by atoms with Crippen LogP contribution in [0.15, 0.2) is 22.9 Å². The number of hydrogen-bond donors (Lipinski definition) is 1. The average Bonchev–Trinajstić information content (AvgIpc) is 3.09. The van der Waals surface area contributed by atoms with E-state index in [2.05, 4.69) is 15.1 Å². The van der Waals surface area contributed by atoms with E-state index in [1.54, 1.807) is 6.20 Å². The highest BCUT2D eigenvalue weighted by atomic mass is 35.5. The predicted octanol–water partition coefficient (Wildman–Crippen LogP) is 1.86. The van der Waals surface area contributed by atoms with Gasteiger partial charge in [-0.05, 0) is 25.0 Å². The number of aromatic nitrogens is 3. The number of nitrogens with two attached hydrogens (primary N) is 1. The van der Waals surface area contributed by atoms with Crippen molar-refractivity contribution in [2.45, 2.75) is 25.5 Å². The minimum atomic E-state index is -0.0293. The Balaban J connectivity index is 0.00000133. The van der Waals surface area contributed by atoms with Crippen molar-refractivity contribution < 1.29 is 9.26 Å². The van der Waals surface area contributed by atoms with Crippen LogP contribution in [0.5, 0.6) is 0 Å². The number of ether oxygens (including phenoxy) is 1. The highest BCUT2D eigenvalue weighted by Gasteiger charge is 2.23. The van der Waals surface area contributed by atoms with Crippen LogP contribution in [0.4, 0.5) is 0 Å². The molecule has 2 aromatic heterocycles. The summed E-state index contributed by atoms with van der Waals surface area (Å²) in [5.41, 5.74) is 7.18. The third-order valence-electron chi connectivity index (χ3n) is 2.93. The molecular formula is C12H15ClN4O2. The van der Waals surface area contributed by atoms with Gasteiger partial charge in [-0.3, -0.25) is 4.98 Å². The highest BCUT2D eigenvalue weighted by Crippen LogP contribution is 2.28. The van der Waals surface area contributed by atoms with Crippen molar-refractivity contribution in [1.29, 1.82) is 0 Å². The van der Waals surface area contributed by atoms with E-state index in [4.69, 9.17) is 15.0 Å². The molecule has 1 aliphatic heterocycles. The van der Waals surface area contributed by atoms with E-state index in [1.807, 2.05) is 12.1 Å². The molecule has 0 aliphatic carbocycles. The van der Waals surface area contributed by atoms with Gasteiger partial charge in [0, 0.05) is 24.9 Å². The van der Waals surface area contributed by atoms with E-state index >= 15 is 0 Å². The number of rotatable bonds is 3. The van der Waals surface area contributed by atoms with Crippen molar-refractivity contribution in [3.8, 4) is 11.5 Å². The molecule has 19 heavy (non-hydrogen) atoms. The molecule has 0 aromatic carbocycles. The smallest absolute Gasteiger partial charge is 0.258 e. The van der Waals surface area contributed by atoms with E-state index in [-0.39, 0.29) is 18.5 Å². The summed E-state index contributed by atoms with van der Waals surface area (Å²) in [5, 5.41) is 3.97. The minimum Gasteiger partial charge on any atom is -0.370 e. The molecule has 1 saturated heterocycles. The van der Waals surface area contributed by atoms with Crippen molar-refractivity contribution in [3.05, 3.63) is 29.8 Å². The molecule has 0 amide bonds. The van der Waals surface area contributed by atoms with Gasteiger partial charge in [-0.25, -0.2) is 0 Å². The molecule has 1 fully saturated rings. The molecule has 2 N–H and O–H groups in total. The first kappa shape index (κ1) is 13.9. The van der Waals surface area contributed by atoms with Gasteiger partial charge in [0.1, 0.15) is 6.10 Å². The summed E-state index contributed by atoms with van der Waals surface area (Å²) in [5.74, 6) is 1.10.